The maximum absolute atomic E-state index is 13.7. The van der Waals surface area contributed by atoms with E-state index in [1.165, 1.54) is 5.57 Å². The first-order chi connectivity index (χ1) is 20.3. The van der Waals surface area contributed by atoms with Gasteiger partial charge in [0.15, 0.2) is 6.61 Å². The molecule has 0 heterocycles. The summed E-state index contributed by atoms with van der Waals surface area (Å²) < 4.78 is 11.4. The zero-order valence-corrected chi connectivity index (χ0v) is 27.9. The molecule has 0 aromatic rings. The van der Waals surface area contributed by atoms with Gasteiger partial charge in [-0.15, -0.1) is 0 Å². The van der Waals surface area contributed by atoms with E-state index in [0.29, 0.717) is 11.8 Å². The quantitative estimate of drug-likeness (QED) is 0.228. The van der Waals surface area contributed by atoms with E-state index in [1.807, 2.05) is 0 Å². The number of carbonyl (C=O) groups is 4. The van der Waals surface area contributed by atoms with Gasteiger partial charge in [-0.05, 0) is 104 Å². The van der Waals surface area contributed by atoms with Crippen molar-refractivity contribution in [2.24, 2.45) is 50.2 Å². The number of rotatable bonds is 7. The van der Waals surface area contributed by atoms with Crippen molar-refractivity contribution in [2.75, 3.05) is 6.61 Å². The Bertz CT molecular complexity index is 1250. The molecular formula is C36H54O8. The van der Waals surface area contributed by atoms with Crippen molar-refractivity contribution >= 4 is 23.9 Å². The summed E-state index contributed by atoms with van der Waals surface area (Å²) in [6, 6.07) is 0. The van der Waals surface area contributed by atoms with Crippen LogP contribution in [0.3, 0.4) is 0 Å². The van der Waals surface area contributed by atoms with Crippen molar-refractivity contribution in [3.05, 3.63) is 11.6 Å². The van der Waals surface area contributed by atoms with Gasteiger partial charge in [-0.2, -0.15) is 0 Å². The Morgan fingerprint density at radius 3 is 2.16 bits per heavy atom. The third kappa shape index (κ3) is 5.01. The first kappa shape index (κ1) is 33.0. The van der Waals surface area contributed by atoms with Crippen LogP contribution in [-0.4, -0.2) is 46.8 Å². The third-order valence-corrected chi connectivity index (χ3v) is 14.1. The normalized spacial score (nSPS) is 41.8. The van der Waals surface area contributed by atoms with Crippen molar-refractivity contribution in [1.29, 1.82) is 0 Å². The molecule has 44 heavy (non-hydrogen) atoms. The third-order valence-electron chi connectivity index (χ3n) is 14.1. The van der Waals surface area contributed by atoms with Gasteiger partial charge in [0.25, 0.3) is 0 Å². The van der Waals surface area contributed by atoms with E-state index in [4.69, 9.17) is 14.6 Å². The van der Waals surface area contributed by atoms with E-state index < -0.39 is 29.9 Å². The monoisotopic (exact) mass is 614 g/mol. The molecular weight excluding hydrogens is 560 g/mol. The fourth-order valence-corrected chi connectivity index (χ4v) is 11.5. The molecule has 0 radical (unpaired) electrons. The number of ether oxygens (including phenoxy) is 2. The van der Waals surface area contributed by atoms with Crippen LogP contribution in [0.25, 0.3) is 0 Å². The SMILES string of the molecule is CC1(C)CC[C@]2(C(=O)OCC(=O)O)CC[C@]3(C)C(=CC[C@@H]4[C@@]5(C)CC[C@H](OC(=O)CCC(=O)O)C(C)(C)[C@@H]5CC[C@]43C)[C@@H]2C1. The molecule has 0 unspecified atom stereocenters. The van der Waals surface area contributed by atoms with Crippen LogP contribution >= 0.6 is 0 Å². The van der Waals surface area contributed by atoms with Gasteiger partial charge in [-0.25, -0.2) is 4.79 Å². The van der Waals surface area contributed by atoms with Crippen LogP contribution < -0.4 is 0 Å². The number of esters is 2. The minimum Gasteiger partial charge on any atom is -0.481 e. The number of allylic oxidation sites excluding steroid dienone is 2. The molecule has 0 bridgehead atoms. The van der Waals surface area contributed by atoms with Crippen molar-refractivity contribution in [2.45, 2.75) is 132 Å². The maximum atomic E-state index is 13.7. The molecule has 0 spiro atoms. The van der Waals surface area contributed by atoms with E-state index in [-0.39, 0.29) is 57.9 Å². The average molecular weight is 615 g/mol. The van der Waals surface area contributed by atoms with E-state index >= 15 is 0 Å². The van der Waals surface area contributed by atoms with E-state index in [1.54, 1.807) is 0 Å². The molecule has 0 saturated heterocycles. The Labute approximate surface area is 262 Å². The largest absolute Gasteiger partial charge is 0.481 e. The van der Waals surface area contributed by atoms with Gasteiger partial charge < -0.3 is 19.7 Å². The fourth-order valence-electron chi connectivity index (χ4n) is 11.5. The predicted molar refractivity (Wildman–Crippen MR) is 164 cm³/mol. The zero-order valence-electron chi connectivity index (χ0n) is 27.9. The van der Waals surface area contributed by atoms with E-state index in [0.717, 1.165) is 64.2 Å². The average Bonchev–Trinajstić information content (AvgIpc) is 2.92. The second kappa shape index (κ2) is 10.9. The summed E-state index contributed by atoms with van der Waals surface area (Å²) in [6.07, 6.45) is 10.9. The van der Waals surface area contributed by atoms with Crippen molar-refractivity contribution in [1.82, 2.24) is 0 Å². The van der Waals surface area contributed by atoms with Crippen LogP contribution in [0.15, 0.2) is 11.6 Å². The highest BCUT2D eigenvalue weighted by molar-refractivity contribution is 5.81. The highest BCUT2D eigenvalue weighted by atomic mass is 16.6. The number of hydrogen-bond acceptors (Lipinski definition) is 6. The summed E-state index contributed by atoms with van der Waals surface area (Å²) in [4.78, 5) is 48.6. The summed E-state index contributed by atoms with van der Waals surface area (Å²) in [5, 5.41) is 18.3. The molecule has 0 aliphatic heterocycles. The molecule has 5 aliphatic carbocycles. The summed E-state index contributed by atoms with van der Waals surface area (Å²) in [5.74, 6) is -2.01. The molecule has 8 atom stereocenters. The number of aliphatic carboxylic acids is 2. The van der Waals surface area contributed by atoms with Crippen molar-refractivity contribution in [3.63, 3.8) is 0 Å². The van der Waals surface area contributed by atoms with Crippen LogP contribution in [0, 0.1) is 50.2 Å². The molecule has 5 rings (SSSR count). The first-order valence-electron chi connectivity index (χ1n) is 16.8. The summed E-state index contributed by atoms with van der Waals surface area (Å²) >= 11 is 0. The van der Waals surface area contributed by atoms with Crippen LogP contribution in [0.4, 0.5) is 0 Å². The molecule has 0 aromatic heterocycles. The first-order valence-corrected chi connectivity index (χ1v) is 16.8. The molecule has 4 saturated carbocycles. The Hall–Kier alpha value is -2.38. The minimum atomic E-state index is -1.12. The van der Waals surface area contributed by atoms with Crippen LogP contribution in [-0.2, 0) is 28.7 Å². The zero-order chi connectivity index (χ0) is 32.5. The lowest BCUT2D eigenvalue weighted by Gasteiger charge is -2.71. The van der Waals surface area contributed by atoms with Crippen molar-refractivity contribution in [3.8, 4) is 0 Å². The number of fused-ring (bicyclic) bond motifs is 7. The number of carbonyl (C=O) groups excluding carboxylic acids is 2. The minimum absolute atomic E-state index is 0.0299. The van der Waals surface area contributed by atoms with Gasteiger partial charge in [0.05, 0.1) is 18.3 Å². The highest BCUT2D eigenvalue weighted by Gasteiger charge is 2.69. The molecule has 246 valence electrons. The maximum Gasteiger partial charge on any atom is 0.341 e. The van der Waals surface area contributed by atoms with Gasteiger partial charge in [0, 0.05) is 5.41 Å². The molecule has 2 N–H and O–H groups in total. The lowest BCUT2D eigenvalue weighted by Crippen LogP contribution is -2.65. The standard InChI is InChI=1S/C36H54O8/c1-31(2)16-18-36(30(42)43-21-28(39)40)19-17-34(6)22(23(36)20-31)8-9-25-33(5)14-13-26(44-29(41)11-10-27(37)38)32(3,4)24(33)12-15-35(25,34)7/h8,23-26H,9-21H2,1-7H3,(H,37,38)(H,39,40)/t23-,24-,25+,26-,33-,34+,35+,36-/m0/s1. The van der Waals surface area contributed by atoms with Gasteiger partial charge in [0.1, 0.15) is 6.10 Å². The summed E-state index contributed by atoms with van der Waals surface area (Å²) in [7, 11) is 0. The van der Waals surface area contributed by atoms with Crippen LogP contribution in [0.5, 0.6) is 0 Å². The van der Waals surface area contributed by atoms with Crippen molar-refractivity contribution < 1.29 is 38.9 Å². The van der Waals surface area contributed by atoms with Crippen LogP contribution in [0.1, 0.15) is 126 Å². The Kier molecular flexibility index (Phi) is 8.15. The number of hydrogen-bond donors (Lipinski definition) is 2. The summed E-state index contributed by atoms with van der Waals surface area (Å²) in [5.41, 5.74) is 0.597. The second-order valence-electron chi connectivity index (χ2n) is 17.1. The lowest BCUT2D eigenvalue weighted by atomic mass is 9.33. The molecule has 0 amide bonds. The Balaban J connectivity index is 1.46. The number of carboxylic acid groups (broad SMARTS) is 2. The van der Waals surface area contributed by atoms with Gasteiger partial charge in [0.2, 0.25) is 0 Å². The van der Waals surface area contributed by atoms with E-state index in [9.17, 15) is 24.3 Å². The molecule has 4 fully saturated rings. The Morgan fingerprint density at radius 1 is 0.818 bits per heavy atom. The topological polar surface area (TPSA) is 127 Å². The number of carboxylic acids is 2. The second-order valence-corrected chi connectivity index (χ2v) is 17.1. The predicted octanol–water partition coefficient (Wildman–Crippen LogP) is 7.19. The van der Waals surface area contributed by atoms with Gasteiger partial charge in [-0.3, -0.25) is 14.4 Å². The smallest absolute Gasteiger partial charge is 0.341 e. The van der Waals surface area contributed by atoms with Gasteiger partial charge in [-0.1, -0.05) is 60.1 Å². The molecule has 8 nitrogen and oxygen atoms in total. The lowest BCUT2D eigenvalue weighted by molar-refractivity contribution is -0.214. The Morgan fingerprint density at radius 2 is 1.50 bits per heavy atom. The summed E-state index contributed by atoms with van der Waals surface area (Å²) in [6.45, 7) is 15.9. The van der Waals surface area contributed by atoms with E-state index in [2.05, 4.69) is 54.5 Å². The molecule has 8 heteroatoms. The highest BCUT2D eigenvalue weighted by Crippen LogP contribution is 2.76. The molecule has 5 aliphatic rings. The molecule has 0 aromatic carbocycles. The van der Waals surface area contributed by atoms with Crippen LogP contribution in [0.2, 0.25) is 0 Å². The van der Waals surface area contributed by atoms with Gasteiger partial charge >= 0.3 is 23.9 Å². The fraction of sp³-hybridized carbons (Fsp3) is 0.833.